The molecule has 3 rings (SSSR count). The highest BCUT2D eigenvalue weighted by Gasteiger charge is 2.21. The second-order valence-corrected chi connectivity index (χ2v) is 6.73. The van der Waals surface area contributed by atoms with Crippen molar-refractivity contribution in [2.75, 3.05) is 39.3 Å². The first kappa shape index (κ1) is 17.8. The summed E-state index contributed by atoms with van der Waals surface area (Å²) >= 11 is 0. The standard InChI is InChI=1S/C20H26FN3O/c1-4-22-9-11-23(12-10-22)14-20(25)19-13-15(2)24(16(19)3)18-7-5-17(21)6-8-18/h5-8,13H,4,9-12,14H2,1-3H3. The van der Waals surface area contributed by atoms with Gasteiger partial charge in [0.25, 0.3) is 0 Å². The summed E-state index contributed by atoms with van der Waals surface area (Å²) in [5.74, 6) is -0.0971. The Morgan fingerprint density at radius 2 is 1.64 bits per heavy atom. The number of nitrogens with zero attached hydrogens (tertiary/aromatic N) is 3. The molecule has 1 aliphatic rings. The summed E-state index contributed by atoms with van der Waals surface area (Å²) in [7, 11) is 0. The van der Waals surface area contributed by atoms with Crippen LogP contribution in [0.5, 0.6) is 0 Å². The molecule has 0 unspecified atom stereocenters. The minimum Gasteiger partial charge on any atom is -0.318 e. The third-order valence-electron chi connectivity index (χ3n) is 5.10. The molecule has 25 heavy (non-hydrogen) atoms. The molecule has 2 heterocycles. The average Bonchev–Trinajstić information content (AvgIpc) is 2.91. The van der Waals surface area contributed by atoms with Gasteiger partial charge in [-0.1, -0.05) is 6.92 Å². The molecule has 2 aromatic rings. The number of ketones is 1. The fourth-order valence-corrected chi connectivity index (χ4v) is 3.58. The van der Waals surface area contributed by atoms with E-state index in [2.05, 4.69) is 16.7 Å². The smallest absolute Gasteiger partial charge is 0.178 e. The lowest BCUT2D eigenvalue weighted by molar-refractivity contribution is 0.0858. The van der Waals surface area contributed by atoms with Crippen molar-refractivity contribution in [3.63, 3.8) is 0 Å². The van der Waals surface area contributed by atoms with E-state index in [4.69, 9.17) is 0 Å². The third kappa shape index (κ3) is 3.83. The van der Waals surface area contributed by atoms with Gasteiger partial charge in [0, 0.05) is 48.8 Å². The van der Waals surface area contributed by atoms with Crippen LogP contribution in [0.1, 0.15) is 28.7 Å². The SMILES string of the molecule is CCN1CCN(CC(=O)c2cc(C)n(-c3ccc(F)cc3)c2C)CC1. The normalized spacial score (nSPS) is 16.3. The van der Waals surface area contributed by atoms with Gasteiger partial charge in [0.1, 0.15) is 5.82 Å². The number of benzene rings is 1. The van der Waals surface area contributed by atoms with E-state index in [9.17, 15) is 9.18 Å². The molecule has 0 saturated carbocycles. The maximum absolute atomic E-state index is 13.2. The molecular weight excluding hydrogens is 317 g/mol. The zero-order valence-corrected chi connectivity index (χ0v) is 15.3. The number of piperazine rings is 1. The molecule has 1 aromatic carbocycles. The molecule has 4 nitrogen and oxygen atoms in total. The van der Waals surface area contributed by atoms with E-state index in [1.54, 1.807) is 12.1 Å². The van der Waals surface area contributed by atoms with Crippen LogP contribution < -0.4 is 0 Å². The molecule has 5 heteroatoms. The highest BCUT2D eigenvalue weighted by atomic mass is 19.1. The lowest BCUT2D eigenvalue weighted by atomic mass is 10.1. The average molecular weight is 343 g/mol. The molecule has 1 fully saturated rings. The summed E-state index contributed by atoms with van der Waals surface area (Å²) in [5, 5.41) is 0. The van der Waals surface area contributed by atoms with E-state index in [-0.39, 0.29) is 11.6 Å². The van der Waals surface area contributed by atoms with E-state index in [0.29, 0.717) is 6.54 Å². The van der Waals surface area contributed by atoms with Crippen molar-refractivity contribution >= 4 is 5.78 Å². The summed E-state index contributed by atoms with van der Waals surface area (Å²) in [6, 6.07) is 8.33. The van der Waals surface area contributed by atoms with E-state index in [0.717, 1.165) is 55.4 Å². The number of hydrogen-bond donors (Lipinski definition) is 0. The Labute approximate surface area is 148 Å². The van der Waals surface area contributed by atoms with Gasteiger partial charge in [-0.15, -0.1) is 0 Å². The molecule has 0 atom stereocenters. The van der Waals surface area contributed by atoms with Crippen LogP contribution in [0.4, 0.5) is 4.39 Å². The topological polar surface area (TPSA) is 28.5 Å². The largest absolute Gasteiger partial charge is 0.318 e. The van der Waals surface area contributed by atoms with Crippen LogP contribution in [-0.4, -0.2) is 59.4 Å². The third-order valence-corrected chi connectivity index (χ3v) is 5.10. The van der Waals surface area contributed by atoms with Gasteiger partial charge in [-0.25, -0.2) is 4.39 Å². The van der Waals surface area contributed by atoms with Gasteiger partial charge in [-0.05, 0) is 50.7 Å². The van der Waals surface area contributed by atoms with Gasteiger partial charge in [0.15, 0.2) is 5.78 Å². The Morgan fingerprint density at radius 3 is 2.24 bits per heavy atom. The second kappa shape index (κ2) is 7.50. The molecule has 0 spiro atoms. The number of carbonyl (C=O) groups is 1. The van der Waals surface area contributed by atoms with Crippen molar-refractivity contribution in [2.45, 2.75) is 20.8 Å². The Balaban J connectivity index is 1.76. The molecule has 0 amide bonds. The number of carbonyl (C=O) groups excluding carboxylic acids is 1. The van der Waals surface area contributed by atoms with E-state index >= 15 is 0 Å². The first-order valence-electron chi connectivity index (χ1n) is 8.92. The van der Waals surface area contributed by atoms with Crippen molar-refractivity contribution < 1.29 is 9.18 Å². The quantitative estimate of drug-likeness (QED) is 0.781. The highest BCUT2D eigenvalue weighted by Crippen LogP contribution is 2.22. The molecule has 0 aliphatic carbocycles. The second-order valence-electron chi connectivity index (χ2n) is 6.73. The van der Waals surface area contributed by atoms with Gasteiger partial charge < -0.3 is 9.47 Å². The van der Waals surface area contributed by atoms with Crippen LogP contribution in [0, 0.1) is 19.7 Å². The number of likely N-dealkylation sites (N-methyl/N-ethyl adjacent to an activating group) is 1. The van der Waals surface area contributed by atoms with Crippen LogP contribution in [0.2, 0.25) is 0 Å². The molecule has 0 bridgehead atoms. The monoisotopic (exact) mass is 343 g/mol. The van der Waals surface area contributed by atoms with E-state index in [1.165, 1.54) is 12.1 Å². The first-order valence-corrected chi connectivity index (χ1v) is 8.92. The van der Waals surface area contributed by atoms with Crippen LogP contribution in [0.25, 0.3) is 5.69 Å². The summed E-state index contributed by atoms with van der Waals surface area (Å²) in [5.41, 5.74) is 3.55. The summed E-state index contributed by atoms with van der Waals surface area (Å²) in [6.45, 7) is 11.6. The molecular formula is C20H26FN3O. The van der Waals surface area contributed by atoms with Crippen molar-refractivity contribution in [1.29, 1.82) is 0 Å². The van der Waals surface area contributed by atoms with E-state index in [1.807, 2.05) is 24.5 Å². The van der Waals surface area contributed by atoms with Crippen LogP contribution in [0.3, 0.4) is 0 Å². The van der Waals surface area contributed by atoms with Crippen molar-refractivity contribution in [3.05, 3.63) is 53.1 Å². The number of aryl methyl sites for hydroxylation is 1. The van der Waals surface area contributed by atoms with Crippen molar-refractivity contribution in [1.82, 2.24) is 14.4 Å². The lowest BCUT2D eigenvalue weighted by Gasteiger charge is -2.33. The molecule has 134 valence electrons. The van der Waals surface area contributed by atoms with Gasteiger partial charge in [-0.3, -0.25) is 9.69 Å². The fraction of sp³-hybridized carbons (Fsp3) is 0.450. The molecule has 1 aromatic heterocycles. The number of rotatable bonds is 5. The highest BCUT2D eigenvalue weighted by molar-refractivity contribution is 5.99. The van der Waals surface area contributed by atoms with Gasteiger partial charge >= 0.3 is 0 Å². The van der Waals surface area contributed by atoms with Crippen LogP contribution in [0.15, 0.2) is 30.3 Å². The molecule has 1 saturated heterocycles. The number of aromatic nitrogens is 1. The first-order chi connectivity index (χ1) is 12.0. The summed E-state index contributed by atoms with van der Waals surface area (Å²) < 4.78 is 15.2. The molecule has 0 N–H and O–H groups in total. The zero-order valence-electron chi connectivity index (χ0n) is 15.3. The Hall–Kier alpha value is -1.98. The number of halogens is 1. The molecule has 1 aliphatic heterocycles. The number of Topliss-reactive ketones (excluding diaryl/α,β-unsaturated/α-hetero) is 1. The van der Waals surface area contributed by atoms with Crippen molar-refractivity contribution in [3.8, 4) is 5.69 Å². The Bertz CT molecular complexity index is 743. The lowest BCUT2D eigenvalue weighted by Crippen LogP contribution is -2.47. The van der Waals surface area contributed by atoms with Gasteiger partial charge in [0.05, 0.1) is 6.54 Å². The van der Waals surface area contributed by atoms with Gasteiger partial charge in [0.2, 0.25) is 0 Å². The van der Waals surface area contributed by atoms with Gasteiger partial charge in [-0.2, -0.15) is 0 Å². The number of hydrogen-bond acceptors (Lipinski definition) is 3. The predicted molar refractivity (Wildman–Crippen MR) is 98.1 cm³/mol. The maximum Gasteiger partial charge on any atom is 0.178 e. The minimum atomic E-state index is -0.256. The zero-order chi connectivity index (χ0) is 18.0. The fourth-order valence-electron chi connectivity index (χ4n) is 3.58. The van der Waals surface area contributed by atoms with Crippen LogP contribution in [-0.2, 0) is 0 Å². The van der Waals surface area contributed by atoms with Crippen LogP contribution >= 0.6 is 0 Å². The Morgan fingerprint density at radius 1 is 1.04 bits per heavy atom. The summed E-state index contributed by atoms with van der Waals surface area (Å²) in [4.78, 5) is 17.4. The maximum atomic E-state index is 13.2. The predicted octanol–water partition coefficient (Wildman–Crippen LogP) is 3.05. The van der Waals surface area contributed by atoms with E-state index < -0.39 is 0 Å². The van der Waals surface area contributed by atoms with Crippen molar-refractivity contribution in [2.24, 2.45) is 0 Å². The molecule has 0 radical (unpaired) electrons. The minimum absolute atomic E-state index is 0.159. The summed E-state index contributed by atoms with van der Waals surface area (Å²) in [6.07, 6.45) is 0. The Kier molecular flexibility index (Phi) is 5.35.